The zero-order valence-corrected chi connectivity index (χ0v) is 34.1. The van der Waals surface area contributed by atoms with Crippen molar-refractivity contribution in [3.63, 3.8) is 0 Å². The Hall–Kier alpha value is -7.68. The second-order valence-electron chi connectivity index (χ2n) is 16.9. The van der Waals surface area contributed by atoms with Crippen molar-refractivity contribution in [2.24, 2.45) is 0 Å². The van der Waals surface area contributed by atoms with Crippen molar-refractivity contribution in [2.75, 3.05) is 4.90 Å². The summed E-state index contributed by atoms with van der Waals surface area (Å²) >= 11 is 0. The molecule has 10 aromatic carbocycles. The van der Waals surface area contributed by atoms with E-state index in [0.717, 1.165) is 50.1 Å². The average molecular weight is 780 g/mol. The highest BCUT2D eigenvalue weighted by Gasteiger charge is 2.36. The quantitative estimate of drug-likeness (QED) is 0.156. The van der Waals surface area contributed by atoms with Crippen LogP contribution in [0.2, 0.25) is 0 Å². The van der Waals surface area contributed by atoms with Crippen LogP contribution in [0.5, 0.6) is 0 Å². The second-order valence-corrected chi connectivity index (χ2v) is 16.9. The Kier molecular flexibility index (Phi) is 7.92. The lowest BCUT2D eigenvalue weighted by molar-refractivity contribution is 0.660. The maximum Gasteiger partial charge on any atom is 0.135 e. The van der Waals surface area contributed by atoms with Crippen molar-refractivity contribution in [3.8, 4) is 44.5 Å². The Balaban J connectivity index is 1.18. The van der Waals surface area contributed by atoms with E-state index in [2.05, 4.69) is 225 Å². The van der Waals surface area contributed by atoms with Crippen LogP contribution in [0.4, 0.5) is 17.1 Å². The van der Waals surface area contributed by atoms with Gasteiger partial charge in [-0.15, -0.1) is 0 Å². The van der Waals surface area contributed by atoms with Crippen molar-refractivity contribution < 1.29 is 4.42 Å². The first-order valence-electron chi connectivity index (χ1n) is 21.2. The second kappa shape index (κ2) is 13.7. The molecule has 61 heavy (non-hydrogen) atoms. The summed E-state index contributed by atoms with van der Waals surface area (Å²) < 4.78 is 6.36. The molecule has 1 heterocycles. The van der Waals surface area contributed by atoms with E-state index < -0.39 is 0 Å². The summed E-state index contributed by atoms with van der Waals surface area (Å²) in [6, 6.07) is 77.7. The maximum absolute atomic E-state index is 6.36. The molecule has 1 aliphatic carbocycles. The molecule has 0 N–H and O–H groups in total. The van der Waals surface area contributed by atoms with Crippen molar-refractivity contribution in [3.05, 3.63) is 223 Å². The number of hydrogen-bond acceptors (Lipinski definition) is 2. The van der Waals surface area contributed by atoms with Gasteiger partial charge < -0.3 is 9.32 Å². The topological polar surface area (TPSA) is 16.4 Å². The number of hydrogen-bond donors (Lipinski definition) is 0. The molecule has 11 aromatic rings. The van der Waals surface area contributed by atoms with E-state index in [9.17, 15) is 0 Å². The molecule has 0 radical (unpaired) electrons. The number of rotatable bonds is 6. The first kappa shape index (κ1) is 35.3. The third kappa shape index (κ3) is 5.56. The van der Waals surface area contributed by atoms with Gasteiger partial charge in [0.05, 0.1) is 5.69 Å². The molecule has 0 amide bonds. The zero-order chi connectivity index (χ0) is 40.7. The third-order valence-corrected chi connectivity index (χ3v) is 13.0. The number of anilines is 3. The highest BCUT2D eigenvalue weighted by molar-refractivity contribution is 6.17. The van der Waals surface area contributed by atoms with E-state index in [1.807, 2.05) is 6.07 Å². The minimum Gasteiger partial charge on any atom is -0.456 e. The summed E-state index contributed by atoms with van der Waals surface area (Å²) in [4.78, 5) is 2.50. The first-order valence-corrected chi connectivity index (χ1v) is 21.2. The van der Waals surface area contributed by atoms with Gasteiger partial charge in [-0.25, -0.2) is 0 Å². The normalized spacial score (nSPS) is 12.9. The van der Waals surface area contributed by atoms with E-state index in [0.29, 0.717) is 0 Å². The minimum absolute atomic E-state index is 0.165. The zero-order valence-electron chi connectivity index (χ0n) is 34.1. The van der Waals surface area contributed by atoms with Crippen molar-refractivity contribution in [1.82, 2.24) is 0 Å². The minimum atomic E-state index is -0.165. The monoisotopic (exact) mass is 779 g/mol. The lowest BCUT2D eigenvalue weighted by Gasteiger charge is -2.31. The molecule has 0 saturated heterocycles. The highest BCUT2D eigenvalue weighted by Crippen LogP contribution is 2.53. The fourth-order valence-electron chi connectivity index (χ4n) is 10.1. The first-order chi connectivity index (χ1) is 30.0. The summed E-state index contributed by atoms with van der Waals surface area (Å²) in [7, 11) is 0. The highest BCUT2D eigenvalue weighted by atomic mass is 16.3. The van der Waals surface area contributed by atoms with Gasteiger partial charge in [-0.2, -0.15) is 0 Å². The van der Waals surface area contributed by atoms with E-state index >= 15 is 0 Å². The van der Waals surface area contributed by atoms with Gasteiger partial charge in [0.2, 0.25) is 0 Å². The SMILES string of the molecule is CC1(C)c2ccccc2-c2ccc(N(c3cccc(-c4ccccc4)c3)c3cccc(-c4ccc5oc6ccccc6c5c4)c3-c3cc4ccccc4c4ccccc34)cc21. The molecule has 1 aromatic heterocycles. The smallest absolute Gasteiger partial charge is 0.135 e. The van der Waals surface area contributed by atoms with Crippen LogP contribution in [0.1, 0.15) is 25.0 Å². The Bertz CT molecular complexity index is 3520. The molecule has 2 nitrogen and oxygen atoms in total. The van der Waals surface area contributed by atoms with Crippen LogP contribution >= 0.6 is 0 Å². The van der Waals surface area contributed by atoms with E-state index in [-0.39, 0.29) is 5.41 Å². The van der Waals surface area contributed by atoms with Crippen molar-refractivity contribution in [1.29, 1.82) is 0 Å². The molecule has 0 fully saturated rings. The Morgan fingerprint density at radius 2 is 1.02 bits per heavy atom. The summed E-state index contributed by atoms with van der Waals surface area (Å²) in [5, 5.41) is 7.15. The third-order valence-electron chi connectivity index (χ3n) is 13.0. The van der Waals surface area contributed by atoms with Crippen molar-refractivity contribution in [2.45, 2.75) is 19.3 Å². The fourth-order valence-corrected chi connectivity index (χ4v) is 10.1. The Morgan fingerprint density at radius 3 is 1.90 bits per heavy atom. The van der Waals surface area contributed by atoms with Crippen LogP contribution in [0, 0.1) is 0 Å². The van der Waals surface area contributed by atoms with Crippen molar-refractivity contribution >= 4 is 60.5 Å². The molecule has 288 valence electrons. The van der Waals surface area contributed by atoms with Crippen LogP contribution in [-0.2, 0) is 5.41 Å². The van der Waals surface area contributed by atoms with Crippen LogP contribution in [-0.4, -0.2) is 0 Å². The maximum atomic E-state index is 6.36. The van der Waals surface area contributed by atoms with Gasteiger partial charge in [0, 0.05) is 33.1 Å². The lowest BCUT2D eigenvalue weighted by Crippen LogP contribution is -2.17. The molecule has 0 bridgehead atoms. The number of furan rings is 1. The van der Waals surface area contributed by atoms with Crippen LogP contribution in [0.15, 0.2) is 217 Å². The van der Waals surface area contributed by atoms with Crippen LogP contribution in [0.25, 0.3) is 88.0 Å². The number of benzene rings is 10. The standard InChI is InChI=1S/C59H41NO/c1-59(2)53-27-12-10-24-48(53)49-32-31-43(37-54(49)59)60(42-20-14-19-39(34-42)38-16-4-3-5-17-38)55-28-15-26-45(41-30-33-57-51(35-41)50-25-11-13-29-56(50)61-57)58(55)52-36-40-18-6-7-21-44(40)46-22-8-9-23-47(46)52/h3-37H,1-2H3. The molecular formula is C59H41NO. The van der Waals surface area contributed by atoms with E-state index in [4.69, 9.17) is 4.42 Å². The molecule has 0 unspecified atom stereocenters. The molecule has 0 spiro atoms. The van der Waals surface area contributed by atoms with Crippen LogP contribution < -0.4 is 4.90 Å². The van der Waals surface area contributed by atoms with Gasteiger partial charge in [-0.3, -0.25) is 0 Å². The number of fused-ring (bicyclic) bond motifs is 9. The van der Waals surface area contributed by atoms with E-state index in [1.54, 1.807) is 0 Å². The summed E-state index contributed by atoms with van der Waals surface area (Å²) in [5.74, 6) is 0. The average Bonchev–Trinajstić information content (AvgIpc) is 3.80. The molecule has 1 aliphatic rings. The number of nitrogens with zero attached hydrogens (tertiary/aromatic N) is 1. The van der Waals surface area contributed by atoms with Crippen LogP contribution in [0.3, 0.4) is 0 Å². The van der Waals surface area contributed by atoms with Gasteiger partial charge >= 0.3 is 0 Å². The van der Waals surface area contributed by atoms with Gasteiger partial charge in [-0.1, -0.05) is 172 Å². The van der Waals surface area contributed by atoms with Gasteiger partial charge in [0.15, 0.2) is 0 Å². The molecule has 0 saturated carbocycles. The molecule has 0 atom stereocenters. The molecule has 12 rings (SSSR count). The van der Waals surface area contributed by atoms with Gasteiger partial charge in [0.25, 0.3) is 0 Å². The Labute approximate surface area is 355 Å². The number of para-hydroxylation sites is 1. The summed E-state index contributed by atoms with van der Waals surface area (Å²) in [6.07, 6.45) is 0. The molecule has 2 heteroatoms. The lowest BCUT2D eigenvalue weighted by atomic mass is 9.82. The Morgan fingerprint density at radius 1 is 0.361 bits per heavy atom. The van der Waals surface area contributed by atoms with Gasteiger partial charge in [0.1, 0.15) is 11.2 Å². The molecule has 0 aliphatic heterocycles. The van der Waals surface area contributed by atoms with E-state index in [1.165, 1.54) is 66.1 Å². The summed E-state index contributed by atoms with van der Waals surface area (Å²) in [5.41, 5.74) is 17.3. The predicted octanol–water partition coefficient (Wildman–Crippen LogP) is 16.7. The molecular weight excluding hydrogens is 739 g/mol. The fraction of sp³-hybridized carbons (Fsp3) is 0.0508. The predicted molar refractivity (Wildman–Crippen MR) is 257 cm³/mol. The largest absolute Gasteiger partial charge is 0.456 e. The summed E-state index contributed by atoms with van der Waals surface area (Å²) in [6.45, 7) is 4.73. The van der Waals surface area contributed by atoms with Gasteiger partial charge in [-0.05, 0) is 126 Å².